The molecule has 0 saturated heterocycles. The van der Waals surface area contributed by atoms with E-state index in [1.807, 2.05) is 24.3 Å². The van der Waals surface area contributed by atoms with Gasteiger partial charge in [0.05, 0.1) is 16.9 Å². The van der Waals surface area contributed by atoms with Gasteiger partial charge in [0.25, 0.3) is 0 Å². The number of aromatic nitrogens is 1. The van der Waals surface area contributed by atoms with Gasteiger partial charge in [0.1, 0.15) is 23.1 Å². The molecular weight excluding hydrogens is 372 g/mol. The highest BCUT2D eigenvalue weighted by Crippen LogP contribution is 2.30. The monoisotopic (exact) mass is 389 g/mol. The average molecular weight is 389 g/mol. The fourth-order valence-corrected chi connectivity index (χ4v) is 2.79. The third kappa shape index (κ3) is 4.32. The molecule has 0 spiro atoms. The van der Waals surface area contributed by atoms with Crippen molar-refractivity contribution < 1.29 is 13.5 Å². The van der Waals surface area contributed by atoms with E-state index in [0.29, 0.717) is 34.1 Å². The molecule has 144 valence electrons. The standard InChI is InChI=1S/C23H17F2N3O/c24-15-4-8-17(9-5-15)27-14-20(26)22-13-12-19-21(28-22)2-1-3-23(19)29-18-10-6-16(25)7-11-18/h1-14,27H,26H2/b20-14-. The van der Waals surface area contributed by atoms with Crippen LogP contribution in [0, 0.1) is 11.6 Å². The van der Waals surface area contributed by atoms with E-state index in [1.165, 1.54) is 24.3 Å². The Bertz CT molecular complexity index is 1170. The van der Waals surface area contributed by atoms with Crippen LogP contribution in [0.3, 0.4) is 0 Å². The van der Waals surface area contributed by atoms with E-state index in [2.05, 4.69) is 10.3 Å². The number of benzene rings is 3. The lowest BCUT2D eigenvalue weighted by Crippen LogP contribution is -2.02. The third-order valence-corrected chi connectivity index (χ3v) is 4.27. The Balaban J connectivity index is 1.58. The predicted octanol–water partition coefficient (Wildman–Crippen LogP) is 5.67. The van der Waals surface area contributed by atoms with Crippen molar-refractivity contribution in [3.63, 3.8) is 0 Å². The summed E-state index contributed by atoms with van der Waals surface area (Å²) >= 11 is 0. The maximum Gasteiger partial charge on any atom is 0.136 e. The number of anilines is 1. The number of hydrogen-bond donors (Lipinski definition) is 2. The molecule has 1 heterocycles. The van der Waals surface area contributed by atoms with Crippen molar-refractivity contribution in [3.8, 4) is 11.5 Å². The van der Waals surface area contributed by atoms with E-state index >= 15 is 0 Å². The zero-order valence-corrected chi connectivity index (χ0v) is 15.3. The minimum absolute atomic E-state index is 0.303. The van der Waals surface area contributed by atoms with Gasteiger partial charge in [-0.25, -0.2) is 13.8 Å². The second-order valence-electron chi connectivity index (χ2n) is 6.33. The Hall–Kier alpha value is -3.93. The summed E-state index contributed by atoms with van der Waals surface area (Å²) in [7, 11) is 0. The number of fused-ring (bicyclic) bond motifs is 1. The van der Waals surface area contributed by atoms with Crippen molar-refractivity contribution in [1.82, 2.24) is 4.98 Å². The van der Waals surface area contributed by atoms with Gasteiger partial charge < -0.3 is 15.8 Å². The molecule has 0 fully saturated rings. The highest BCUT2D eigenvalue weighted by Gasteiger charge is 2.07. The van der Waals surface area contributed by atoms with Crippen LogP contribution in [0.15, 0.2) is 85.1 Å². The van der Waals surface area contributed by atoms with Crippen molar-refractivity contribution in [2.24, 2.45) is 5.73 Å². The van der Waals surface area contributed by atoms with Crippen LogP contribution in [-0.2, 0) is 0 Å². The number of hydrogen-bond acceptors (Lipinski definition) is 4. The lowest BCUT2D eigenvalue weighted by Gasteiger charge is -2.10. The number of pyridine rings is 1. The minimum Gasteiger partial charge on any atom is -0.457 e. The van der Waals surface area contributed by atoms with Crippen molar-refractivity contribution >= 4 is 22.3 Å². The Morgan fingerprint density at radius 1 is 0.862 bits per heavy atom. The number of nitrogens with one attached hydrogen (secondary N) is 1. The fourth-order valence-electron chi connectivity index (χ4n) is 2.79. The molecule has 0 aliphatic carbocycles. The number of nitrogens with two attached hydrogens (primary N) is 1. The Kier molecular flexibility index (Phi) is 5.07. The lowest BCUT2D eigenvalue weighted by molar-refractivity contribution is 0.486. The third-order valence-electron chi connectivity index (χ3n) is 4.27. The quantitative estimate of drug-likeness (QED) is 0.461. The fraction of sp³-hybridized carbons (Fsp3) is 0. The average Bonchev–Trinajstić information content (AvgIpc) is 2.74. The summed E-state index contributed by atoms with van der Waals surface area (Å²) in [6.07, 6.45) is 1.61. The molecule has 4 rings (SSSR count). The molecule has 0 aliphatic heterocycles. The Morgan fingerprint density at radius 3 is 2.28 bits per heavy atom. The van der Waals surface area contributed by atoms with E-state index in [9.17, 15) is 8.78 Å². The predicted molar refractivity (Wildman–Crippen MR) is 110 cm³/mol. The summed E-state index contributed by atoms with van der Waals surface area (Å²) in [6, 6.07) is 21.0. The molecule has 3 N–H and O–H groups in total. The molecule has 3 aromatic carbocycles. The largest absolute Gasteiger partial charge is 0.457 e. The van der Waals surface area contributed by atoms with Crippen molar-refractivity contribution in [3.05, 3.63) is 102 Å². The lowest BCUT2D eigenvalue weighted by atomic mass is 10.1. The molecule has 6 heteroatoms. The SMILES string of the molecule is N/C(=C\Nc1ccc(F)cc1)c1ccc2c(Oc3ccc(F)cc3)cccc2n1. The molecule has 0 atom stereocenters. The maximum atomic E-state index is 13.1. The van der Waals surface area contributed by atoms with Gasteiger partial charge >= 0.3 is 0 Å². The number of ether oxygens (including phenoxy) is 1. The first-order chi connectivity index (χ1) is 14.1. The molecule has 1 aromatic heterocycles. The van der Waals surface area contributed by atoms with Gasteiger partial charge in [-0.15, -0.1) is 0 Å². The summed E-state index contributed by atoms with van der Waals surface area (Å²) in [5.41, 5.74) is 8.58. The molecule has 0 bridgehead atoms. The van der Waals surface area contributed by atoms with Crippen LogP contribution < -0.4 is 15.8 Å². The van der Waals surface area contributed by atoms with E-state index in [-0.39, 0.29) is 11.6 Å². The van der Waals surface area contributed by atoms with Crippen LogP contribution in [0.1, 0.15) is 5.69 Å². The maximum absolute atomic E-state index is 13.1. The summed E-state index contributed by atoms with van der Waals surface area (Å²) in [5.74, 6) is 0.520. The normalized spacial score (nSPS) is 11.4. The van der Waals surface area contributed by atoms with Gasteiger partial charge in [0.2, 0.25) is 0 Å². The van der Waals surface area contributed by atoms with Gasteiger partial charge in [-0.2, -0.15) is 0 Å². The zero-order valence-electron chi connectivity index (χ0n) is 15.3. The summed E-state index contributed by atoms with van der Waals surface area (Å²) in [6.45, 7) is 0. The molecule has 0 radical (unpaired) electrons. The Morgan fingerprint density at radius 2 is 1.55 bits per heavy atom. The number of nitrogens with zero attached hydrogens (tertiary/aromatic N) is 1. The molecule has 0 amide bonds. The molecule has 4 aromatic rings. The van der Waals surface area contributed by atoms with Crippen LogP contribution in [-0.4, -0.2) is 4.98 Å². The smallest absolute Gasteiger partial charge is 0.136 e. The van der Waals surface area contributed by atoms with Gasteiger partial charge in [-0.3, -0.25) is 0 Å². The van der Waals surface area contributed by atoms with Crippen molar-refractivity contribution in [2.45, 2.75) is 0 Å². The molecule has 29 heavy (non-hydrogen) atoms. The Labute approximate surface area is 166 Å². The van der Waals surface area contributed by atoms with Crippen LogP contribution in [0.2, 0.25) is 0 Å². The second-order valence-corrected chi connectivity index (χ2v) is 6.33. The van der Waals surface area contributed by atoms with E-state index < -0.39 is 0 Å². The first-order valence-electron chi connectivity index (χ1n) is 8.90. The molecular formula is C23H17F2N3O. The van der Waals surface area contributed by atoms with Crippen LogP contribution in [0.4, 0.5) is 14.5 Å². The van der Waals surface area contributed by atoms with Crippen molar-refractivity contribution in [2.75, 3.05) is 5.32 Å². The van der Waals surface area contributed by atoms with Crippen LogP contribution in [0.25, 0.3) is 16.6 Å². The molecule has 0 unspecified atom stereocenters. The molecule has 0 saturated carbocycles. The van der Waals surface area contributed by atoms with Gasteiger partial charge in [0.15, 0.2) is 0 Å². The van der Waals surface area contributed by atoms with Crippen molar-refractivity contribution in [1.29, 1.82) is 0 Å². The molecule has 0 aliphatic rings. The minimum atomic E-state index is -0.321. The van der Waals surface area contributed by atoms with Crippen LogP contribution >= 0.6 is 0 Å². The number of halogens is 2. The first-order valence-corrected chi connectivity index (χ1v) is 8.90. The number of rotatable bonds is 5. The second kappa shape index (κ2) is 7.98. The highest BCUT2D eigenvalue weighted by molar-refractivity contribution is 5.86. The highest BCUT2D eigenvalue weighted by atomic mass is 19.1. The zero-order chi connectivity index (χ0) is 20.2. The summed E-state index contributed by atoms with van der Waals surface area (Å²) in [4.78, 5) is 4.58. The van der Waals surface area contributed by atoms with E-state index in [1.54, 1.807) is 36.5 Å². The topological polar surface area (TPSA) is 60.2 Å². The van der Waals surface area contributed by atoms with E-state index in [4.69, 9.17) is 10.5 Å². The summed E-state index contributed by atoms with van der Waals surface area (Å²) in [5, 5.41) is 3.82. The van der Waals surface area contributed by atoms with Crippen LogP contribution in [0.5, 0.6) is 11.5 Å². The van der Waals surface area contributed by atoms with Gasteiger partial charge in [-0.1, -0.05) is 6.07 Å². The van der Waals surface area contributed by atoms with Gasteiger partial charge in [-0.05, 0) is 72.8 Å². The van der Waals surface area contributed by atoms with E-state index in [0.717, 1.165) is 5.39 Å². The van der Waals surface area contributed by atoms with Gasteiger partial charge in [0, 0.05) is 17.3 Å². The summed E-state index contributed by atoms with van der Waals surface area (Å²) < 4.78 is 31.9. The first kappa shape index (κ1) is 18.4. The molecule has 4 nitrogen and oxygen atoms in total.